The van der Waals surface area contributed by atoms with Gasteiger partial charge in [0.25, 0.3) is 0 Å². The number of hydrogen-bond donors (Lipinski definition) is 1. The van der Waals surface area contributed by atoms with Crippen molar-refractivity contribution >= 4 is 28.7 Å². The number of anilines is 1. The lowest BCUT2D eigenvalue weighted by Gasteiger charge is -2.35. The van der Waals surface area contributed by atoms with Gasteiger partial charge in [0.05, 0.1) is 26.3 Å². The molecule has 1 fully saturated rings. The maximum atomic E-state index is 12.4. The Morgan fingerprint density at radius 2 is 1.77 bits per heavy atom. The molecular weight excluding hydrogens is 448 g/mol. The van der Waals surface area contributed by atoms with Gasteiger partial charge in [-0.15, -0.1) is 0 Å². The first-order chi connectivity index (χ1) is 17.0. The van der Waals surface area contributed by atoms with Crippen LogP contribution in [-0.4, -0.2) is 75.4 Å². The fourth-order valence-corrected chi connectivity index (χ4v) is 4.16. The highest BCUT2D eigenvalue weighted by atomic mass is 16.5. The van der Waals surface area contributed by atoms with Gasteiger partial charge in [0.15, 0.2) is 0 Å². The van der Waals surface area contributed by atoms with E-state index in [4.69, 9.17) is 19.2 Å². The van der Waals surface area contributed by atoms with Gasteiger partial charge in [0.2, 0.25) is 0 Å². The highest BCUT2D eigenvalue weighted by Crippen LogP contribution is 2.37. The summed E-state index contributed by atoms with van der Waals surface area (Å²) >= 11 is 0. The van der Waals surface area contributed by atoms with Crippen LogP contribution in [0, 0.1) is 0 Å². The summed E-state index contributed by atoms with van der Waals surface area (Å²) in [6.45, 7) is 4.23. The van der Waals surface area contributed by atoms with Gasteiger partial charge in [0, 0.05) is 48.8 Å². The summed E-state index contributed by atoms with van der Waals surface area (Å²) < 4.78 is 15.8. The van der Waals surface area contributed by atoms with Crippen molar-refractivity contribution in [1.29, 1.82) is 0 Å². The average Bonchev–Trinajstić information content (AvgIpc) is 2.91. The Labute approximate surface area is 204 Å². The van der Waals surface area contributed by atoms with Crippen LogP contribution in [0.25, 0.3) is 22.0 Å². The maximum absolute atomic E-state index is 12.4. The summed E-state index contributed by atoms with van der Waals surface area (Å²) in [5, 5.41) is 3.65. The van der Waals surface area contributed by atoms with Crippen LogP contribution in [0.3, 0.4) is 0 Å². The number of urea groups is 1. The Kier molecular flexibility index (Phi) is 7.54. The standard InChI is InChI=1S/C26H30N4O5/c1-4-35-24(31)17-27-26(32)30-14-12-29(13-15-30)23-11-8-18-6-5-7-21(25(18)28-23)20-10-9-19(33-2)16-22(20)34-3/h5-11,16H,4,12-15,17H2,1-3H3,(H,27,32). The number of benzene rings is 2. The maximum Gasteiger partial charge on any atom is 0.325 e. The van der Waals surface area contributed by atoms with E-state index in [2.05, 4.69) is 16.3 Å². The summed E-state index contributed by atoms with van der Waals surface area (Å²) in [5.41, 5.74) is 2.79. The number of methoxy groups -OCH3 is 2. The molecule has 9 heteroatoms. The van der Waals surface area contributed by atoms with Crippen molar-refractivity contribution in [3.05, 3.63) is 48.5 Å². The molecule has 3 aromatic rings. The third-order valence-corrected chi connectivity index (χ3v) is 5.98. The first-order valence-corrected chi connectivity index (χ1v) is 11.6. The van der Waals surface area contributed by atoms with Gasteiger partial charge in [-0.1, -0.05) is 18.2 Å². The number of piperazine rings is 1. The Hall–Kier alpha value is -4.01. The molecule has 35 heavy (non-hydrogen) atoms. The number of rotatable bonds is 7. The number of nitrogens with zero attached hydrogens (tertiary/aromatic N) is 3. The van der Waals surface area contributed by atoms with E-state index in [1.165, 1.54) is 0 Å². The van der Waals surface area contributed by atoms with Crippen LogP contribution in [0.15, 0.2) is 48.5 Å². The number of fused-ring (bicyclic) bond motifs is 1. The minimum absolute atomic E-state index is 0.128. The van der Waals surface area contributed by atoms with Crippen molar-refractivity contribution in [2.24, 2.45) is 0 Å². The SMILES string of the molecule is CCOC(=O)CNC(=O)N1CCN(c2ccc3cccc(-c4ccc(OC)cc4OC)c3n2)CC1. The quantitative estimate of drug-likeness (QED) is 0.521. The summed E-state index contributed by atoms with van der Waals surface area (Å²) in [4.78, 5) is 32.7. The average molecular weight is 479 g/mol. The Bertz CT molecular complexity index is 1210. The van der Waals surface area contributed by atoms with Crippen molar-refractivity contribution in [2.45, 2.75) is 6.92 Å². The highest BCUT2D eigenvalue weighted by molar-refractivity contribution is 5.96. The van der Waals surface area contributed by atoms with E-state index in [0.717, 1.165) is 33.6 Å². The molecule has 9 nitrogen and oxygen atoms in total. The number of nitrogens with one attached hydrogen (secondary N) is 1. The van der Waals surface area contributed by atoms with Gasteiger partial charge in [0.1, 0.15) is 23.9 Å². The number of pyridine rings is 1. The first kappa shape index (κ1) is 24.1. The number of amides is 2. The number of hydrogen-bond acceptors (Lipinski definition) is 7. The Morgan fingerprint density at radius 3 is 2.49 bits per heavy atom. The van der Waals surface area contributed by atoms with E-state index in [9.17, 15) is 9.59 Å². The molecular formula is C26H30N4O5. The second kappa shape index (κ2) is 10.9. The minimum atomic E-state index is -0.441. The zero-order valence-electron chi connectivity index (χ0n) is 20.2. The molecule has 0 bridgehead atoms. The Balaban J connectivity index is 1.51. The second-order valence-electron chi connectivity index (χ2n) is 8.05. The monoisotopic (exact) mass is 478 g/mol. The van der Waals surface area contributed by atoms with E-state index >= 15 is 0 Å². The third-order valence-electron chi connectivity index (χ3n) is 5.98. The zero-order chi connectivity index (χ0) is 24.8. The van der Waals surface area contributed by atoms with Gasteiger partial charge in [-0.25, -0.2) is 9.78 Å². The molecule has 0 radical (unpaired) electrons. The number of carbonyl (C=O) groups is 2. The molecule has 1 aliphatic heterocycles. The molecule has 184 valence electrons. The van der Waals surface area contributed by atoms with Crippen LogP contribution >= 0.6 is 0 Å². The molecule has 1 aliphatic rings. The molecule has 4 rings (SSSR count). The lowest BCUT2D eigenvalue weighted by Crippen LogP contribution is -2.52. The molecule has 1 N–H and O–H groups in total. The van der Waals surface area contributed by atoms with Gasteiger partial charge < -0.3 is 29.3 Å². The number of aromatic nitrogens is 1. The van der Waals surface area contributed by atoms with Crippen LogP contribution in [-0.2, 0) is 9.53 Å². The molecule has 0 aliphatic carbocycles. The molecule has 2 amide bonds. The minimum Gasteiger partial charge on any atom is -0.497 e. The molecule has 0 atom stereocenters. The number of para-hydroxylation sites is 1. The third kappa shape index (κ3) is 5.40. The topological polar surface area (TPSA) is 93.2 Å². The van der Waals surface area contributed by atoms with Crippen LogP contribution < -0.4 is 19.7 Å². The van der Waals surface area contributed by atoms with Crippen molar-refractivity contribution in [1.82, 2.24) is 15.2 Å². The van der Waals surface area contributed by atoms with Crippen molar-refractivity contribution < 1.29 is 23.8 Å². The number of esters is 1. The van der Waals surface area contributed by atoms with Gasteiger partial charge in [-0.3, -0.25) is 4.79 Å². The predicted molar refractivity (Wildman–Crippen MR) is 134 cm³/mol. The van der Waals surface area contributed by atoms with Crippen LogP contribution in [0.2, 0.25) is 0 Å². The van der Waals surface area contributed by atoms with Gasteiger partial charge >= 0.3 is 12.0 Å². The molecule has 1 saturated heterocycles. The van der Waals surface area contributed by atoms with E-state index in [1.807, 2.05) is 42.5 Å². The molecule has 2 heterocycles. The number of ether oxygens (including phenoxy) is 3. The van der Waals surface area contributed by atoms with E-state index < -0.39 is 5.97 Å². The van der Waals surface area contributed by atoms with Crippen molar-refractivity contribution in [2.75, 3.05) is 58.5 Å². The van der Waals surface area contributed by atoms with E-state index in [-0.39, 0.29) is 12.6 Å². The highest BCUT2D eigenvalue weighted by Gasteiger charge is 2.23. The largest absolute Gasteiger partial charge is 0.497 e. The Morgan fingerprint density at radius 1 is 0.971 bits per heavy atom. The summed E-state index contributed by atoms with van der Waals surface area (Å²) in [6.07, 6.45) is 0. The molecule has 1 aromatic heterocycles. The van der Waals surface area contributed by atoms with Gasteiger partial charge in [-0.2, -0.15) is 0 Å². The normalized spacial score (nSPS) is 13.5. The summed E-state index contributed by atoms with van der Waals surface area (Å²) in [6, 6.07) is 15.6. The number of carbonyl (C=O) groups excluding carboxylic acids is 2. The van der Waals surface area contributed by atoms with Crippen molar-refractivity contribution in [3.63, 3.8) is 0 Å². The lowest BCUT2D eigenvalue weighted by molar-refractivity contribution is -0.141. The molecule has 2 aromatic carbocycles. The molecule has 0 spiro atoms. The fraction of sp³-hybridized carbons (Fsp3) is 0.346. The first-order valence-electron chi connectivity index (χ1n) is 11.6. The summed E-state index contributed by atoms with van der Waals surface area (Å²) in [7, 11) is 3.27. The zero-order valence-corrected chi connectivity index (χ0v) is 20.2. The van der Waals surface area contributed by atoms with Crippen molar-refractivity contribution in [3.8, 4) is 22.6 Å². The molecule has 0 unspecified atom stereocenters. The van der Waals surface area contributed by atoms with Gasteiger partial charge in [-0.05, 0) is 31.2 Å². The van der Waals surface area contributed by atoms with Crippen LogP contribution in [0.1, 0.15) is 6.92 Å². The van der Waals surface area contributed by atoms with Crippen LogP contribution in [0.5, 0.6) is 11.5 Å². The smallest absolute Gasteiger partial charge is 0.325 e. The predicted octanol–water partition coefficient (Wildman–Crippen LogP) is 3.31. The van der Waals surface area contributed by atoms with Crippen LogP contribution in [0.4, 0.5) is 10.6 Å². The lowest BCUT2D eigenvalue weighted by atomic mass is 10.0. The molecule has 0 saturated carbocycles. The van der Waals surface area contributed by atoms with E-state index in [0.29, 0.717) is 38.5 Å². The second-order valence-corrected chi connectivity index (χ2v) is 8.05. The fourth-order valence-electron chi connectivity index (χ4n) is 4.16. The van der Waals surface area contributed by atoms with E-state index in [1.54, 1.807) is 26.0 Å². The summed E-state index contributed by atoms with van der Waals surface area (Å²) in [5.74, 6) is 1.85.